The SMILES string of the molecule is Cc1[nH]c(C(=O)N=c2sc3cc(C(=O)O)ccc3n2Cc2ccccc2)c(Cl)c1Cl. The van der Waals surface area contributed by atoms with Crippen molar-refractivity contribution in [2.45, 2.75) is 13.5 Å². The van der Waals surface area contributed by atoms with Crippen LogP contribution < -0.4 is 4.80 Å². The molecule has 2 N–H and O–H groups in total. The maximum atomic E-state index is 12.8. The van der Waals surface area contributed by atoms with E-state index in [-0.39, 0.29) is 21.3 Å². The molecule has 0 aliphatic heterocycles. The number of carbonyl (C=O) groups excluding carboxylic acids is 1. The van der Waals surface area contributed by atoms with Crippen LogP contribution in [-0.4, -0.2) is 26.5 Å². The normalized spacial score (nSPS) is 11.9. The monoisotopic (exact) mass is 459 g/mol. The highest BCUT2D eigenvalue weighted by molar-refractivity contribution is 7.16. The summed E-state index contributed by atoms with van der Waals surface area (Å²) < 4.78 is 2.59. The van der Waals surface area contributed by atoms with Crippen LogP contribution in [0.3, 0.4) is 0 Å². The van der Waals surface area contributed by atoms with Gasteiger partial charge in [0.05, 0.1) is 32.4 Å². The van der Waals surface area contributed by atoms with Gasteiger partial charge < -0.3 is 14.7 Å². The molecule has 2 heterocycles. The lowest BCUT2D eigenvalue weighted by atomic mass is 10.2. The van der Waals surface area contributed by atoms with Crippen LogP contribution >= 0.6 is 34.5 Å². The number of rotatable bonds is 4. The van der Waals surface area contributed by atoms with Crippen molar-refractivity contribution < 1.29 is 14.7 Å². The Bertz CT molecular complexity index is 1350. The Balaban J connectivity index is 1.89. The first-order valence-corrected chi connectivity index (χ1v) is 10.5. The van der Waals surface area contributed by atoms with Gasteiger partial charge in [-0.1, -0.05) is 64.9 Å². The van der Waals surface area contributed by atoms with Crippen molar-refractivity contribution in [3.63, 3.8) is 0 Å². The average Bonchev–Trinajstić information content (AvgIpc) is 3.20. The Kier molecular flexibility index (Phi) is 5.51. The third kappa shape index (κ3) is 3.79. The molecule has 9 heteroatoms. The van der Waals surface area contributed by atoms with Crippen LogP contribution in [0.15, 0.2) is 53.5 Å². The number of halogens is 2. The quantitative estimate of drug-likeness (QED) is 0.443. The van der Waals surface area contributed by atoms with Crippen molar-refractivity contribution in [2.24, 2.45) is 4.99 Å². The number of H-pyrrole nitrogens is 1. The molecule has 4 aromatic rings. The number of benzene rings is 2. The van der Waals surface area contributed by atoms with Crippen molar-refractivity contribution >= 4 is 56.6 Å². The molecule has 0 fully saturated rings. The molecule has 0 unspecified atom stereocenters. The number of carboxylic acids is 1. The first-order chi connectivity index (χ1) is 14.3. The molecule has 6 nitrogen and oxygen atoms in total. The minimum absolute atomic E-state index is 0.120. The summed E-state index contributed by atoms with van der Waals surface area (Å²) in [5.41, 5.74) is 2.68. The largest absolute Gasteiger partial charge is 0.478 e. The van der Waals surface area contributed by atoms with Crippen LogP contribution in [0.4, 0.5) is 0 Å². The molecule has 0 spiro atoms. The summed E-state index contributed by atoms with van der Waals surface area (Å²) in [5, 5.41) is 9.72. The molecule has 152 valence electrons. The van der Waals surface area contributed by atoms with Gasteiger partial charge in [0, 0.05) is 5.69 Å². The molecule has 0 saturated carbocycles. The molecule has 0 atom stereocenters. The van der Waals surface area contributed by atoms with E-state index < -0.39 is 11.9 Å². The number of fused-ring (bicyclic) bond motifs is 1. The summed E-state index contributed by atoms with van der Waals surface area (Å²) in [5.74, 6) is -1.57. The molecule has 0 bridgehead atoms. The van der Waals surface area contributed by atoms with Crippen LogP contribution in [0.1, 0.15) is 32.1 Å². The molecule has 1 amide bonds. The third-order valence-corrected chi connectivity index (χ3v) is 6.57. The van der Waals surface area contributed by atoms with Gasteiger partial charge in [-0.3, -0.25) is 4.79 Å². The number of aromatic nitrogens is 2. The molecule has 2 aromatic heterocycles. The van der Waals surface area contributed by atoms with Crippen LogP contribution in [0.25, 0.3) is 10.2 Å². The van der Waals surface area contributed by atoms with E-state index in [2.05, 4.69) is 9.98 Å². The Morgan fingerprint density at radius 1 is 1.13 bits per heavy atom. The fraction of sp³-hybridized carbons (Fsp3) is 0.0952. The van der Waals surface area contributed by atoms with Crippen molar-refractivity contribution in [2.75, 3.05) is 0 Å². The van der Waals surface area contributed by atoms with Crippen LogP contribution in [-0.2, 0) is 6.54 Å². The number of aryl methyl sites for hydroxylation is 1. The smallest absolute Gasteiger partial charge is 0.335 e. The number of hydrogen-bond acceptors (Lipinski definition) is 3. The van der Waals surface area contributed by atoms with Gasteiger partial charge in [0.25, 0.3) is 5.91 Å². The van der Waals surface area contributed by atoms with Crippen molar-refractivity contribution in [3.8, 4) is 0 Å². The summed E-state index contributed by atoms with van der Waals surface area (Å²) in [6, 6.07) is 14.6. The standard InChI is InChI=1S/C21H15Cl2N3O3S/c1-11-16(22)17(23)18(24-11)19(27)25-21-26(10-12-5-3-2-4-6-12)14-8-7-13(20(28)29)9-15(14)30-21/h2-9,24H,10H2,1H3,(H,28,29). The number of hydrogen-bond donors (Lipinski definition) is 2. The second kappa shape index (κ2) is 8.10. The summed E-state index contributed by atoms with van der Waals surface area (Å²) in [6.07, 6.45) is 0. The fourth-order valence-electron chi connectivity index (χ4n) is 3.07. The predicted molar refractivity (Wildman–Crippen MR) is 118 cm³/mol. The van der Waals surface area contributed by atoms with E-state index in [9.17, 15) is 14.7 Å². The Hall–Kier alpha value is -2.87. The van der Waals surface area contributed by atoms with Gasteiger partial charge in [-0.25, -0.2) is 4.79 Å². The van der Waals surface area contributed by atoms with E-state index in [1.165, 1.54) is 17.4 Å². The molecule has 0 saturated heterocycles. The molecule has 30 heavy (non-hydrogen) atoms. The van der Waals surface area contributed by atoms with Gasteiger partial charge in [-0.2, -0.15) is 4.99 Å². The Morgan fingerprint density at radius 2 is 1.87 bits per heavy atom. The number of aromatic carboxylic acids is 1. The highest BCUT2D eigenvalue weighted by Crippen LogP contribution is 2.29. The van der Waals surface area contributed by atoms with Crippen molar-refractivity contribution in [1.29, 1.82) is 0 Å². The zero-order valence-electron chi connectivity index (χ0n) is 15.6. The summed E-state index contributed by atoms with van der Waals surface area (Å²) in [7, 11) is 0. The van der Waals surface area contributed by atoms with E-state index >= 15 is 0 Å². The minimum atomic E-state index is -1.02. The number of nitrogens with zero attached hydrogens (tertiary/aromatic N) is 2. The average molecular weight is 460 g/mol. The lowest BCUT2D eigenvalue weighted by molar-refractivity contribution is 0.0697. The van der Waals surface area contributed by atoms with Crippen molar-refractivity contribution in [3.05, 3.63) is 85.9 Å². The Labute approximate surface area is 185 Å². The number of thiazole rings is 1. The van der Waals surface area contributed by atoms with Gasteiger partial charge in [-0.15, -0.1) is 0 Å². The summed E-state index contributed by atoms with van der Waals surface area (Å²) in [4.78, 5) is 31.7. The zero-order chi connectivity index (χ0) is 21.4. The highest BCUT2D eigenvalue weighted by atomic mass is 35.5. The summed E-state index contributed by atoms with van der Waals surface area (Å²) in [6.45, 7) is 2.19. The molecule has 2 aromatic carbocycles. The number of amides is 1. The maximum Gasteiger partial charge on any atom is 0.335 e. The van der Waals surface area contributed by atoms with E-state index in [1.54, 1.807) is 19.1 Å². The molecular formula is C21H15Cl2N3O3S. The lowest BCUT2D eigenvalue weighted by Crippen LogP contribution is -2.18. The number of aromatic amines is 1. The zero-order valence-corrected chi connectivity index (χ0v) is 18.0. The van der Waals surface area contributed by atoms with Gasteiger partial charge in [-0.05, 0) is 30.7 Å². The third-order valence-electron chi connectivity index (χ3n) is 4.58. The molecular weight excluding hydrogens is 445 g/mol. The molecule has 0 aliphatic carbocycles. The molecule has 0 aliphatic rings. The van der Waals surface area contributed by atoms with Crippen molar-refractivity contribution in [1.82, 2.24) is 9.55 Å². The lowest BCUT2D eigenvalue weighted by Gasteiger charge is -2.06. The van der Waals surface area contributed by atoms with Crippen LogP contribution in [0, 0.1) is 6.92 Å². The van der Waals surface area contributed by atoms with E-state index in [1.807, 2.05) is 34.9 Å². The number of carboxylic acid groups (broad SMARTS) is 1. The summed E-state index contributed by atoms with van der Waals surface area (Å²) >= 11 is 13.5. The number of carbonyl (C=O) groups is 2. The first kappa shape index (κ1) is 20.4. The number of nitrogens with one attached hydrogen (secondary N) is 1. The fourth-order valence-corrected chi connectivity index (χ4v) is 4.55. The van der Waals surface area contributed by atoms with Crippen LogP contribution in [0.5, 0.6) is 0 Å². The maximum absolute atomic E-state index is 12.8. The van der Waals surface area contributed by atoms with Gasteiger partial charge in [0.1, 0.15) is 5.69 Å². The minimum Gasteiger partial charge on any atom is -0.478 e. The van der Waals surface area contributed by atoms with E-state index in [4.69, 9.17) is 23.2 Å². The van der Waals surface area contributed by atoms with Crippen LogP contribution in [0.2, 0.25) is 10.0 Å². The van der Waals surface area contributed by atoms with Gasteiger partial charge >= 0.3 is 5.97 Å². The predicted octanol–water partition coefficient (Wildman–Crippen LogP) is 5.13. The second-order valence-corrected chi connectivity index (χ2v) is 8.38. The molecule has 0 radical (unpaired) electrons. The van der Waals surface area contributed by atoms with Gasteiger partial charge in [0.15, 0.2) is 4.80 Å². The molecule has 4 rings (SSSR count). The Morgan fingerprint density at radius 3 is 2.50 bits per heavy atom. The van der Waals surface area contributed by atoms with E-state index in [0.29, 0.717) is 21.7 Å². The second-order valence-electron chi connectivity index (χ2n) is 6.61. The van der Waals surface area contributed by atoms with Gasteiger partial charge in [0.2, 0.25) is 0 Å². The first-order valence-electron chi connectivity index (χ1n) is 8.88. The highest BCUT2D eigenvalue weighted by Gasteiger charge is 2.18. The van der Waals surface area contributed by atoms with E-state index in [0.717, 1.165) is 11.1 Å². The topological polar surface area (TPSA) is 87.4 Å².